The van der Waals surface area contributed by atoms with Gasteiger partial charge in [-0.05, 0) is 30.3 Å². The minimum Gasteiger partial charge on any atom is -0.263 e. The molecule has 2 rings (SSSR count). The Labute approximate surface area is 94.5 Å². The lowest BCUT2D eigenvalue weighted by Crippen LogP contribution is -2.11. The fourth-order valence-corrected chi connectivity index (χ4v) is 1.49. The van der Waals surface area contributed by atoms with Crippen LogP contribution in [0, 0.1) is 5.82 Å². The van der Waals surface area contributed by atoms with Gasteiger partial charge in [-0.2, -0.15) is 18.3 Å². The van der Waals surface area contributed by atoms with E-state index in [2.05, 4.69) is 5.10 Å². The molecule has 0 atom stereocenters. The lowest BCUT2D eigenvalue weighted by atomic mass is 10.1. The first-order chi connectivity index (χ1) is 7.88. The largest absolute Gasteiger partial charge is 0.433 e. The lowest BCUT2D eigenvalue weighted by molar-refractivity contribution is -0.143. The van der Waals surface area contributed by atoms with E-state index < -0.39 is 17.7 Å². The van der Waals surface area contributed by atoms with E-state index in [0.717, 1.165) is 10.7 Å². The summed E-state index contributed by atoms with van der Waals surface area (Å²) in [6.45, 7) is 0. The summed E-state index contributed by atoms with van der Waals surface area (Å²) >= 11 is 0. The van der Waals surface area contributed by atoms with Crippen molar-refractivity contribution >= 4 is 0 Å². The van der Waals surface area contributed by atoms with Crippen molar-refractivity contribution < 1.29 is 17.6 Å². The fraction of sp³-hybridized carbons (Fsp3) is 0.182. The maximum Gasteiger partial charge on any atom is 0.433 e. The molecule has 0 fully saturated rings. The van der Waals surface area contributed by atoms with E-state index in [9.17, 15) is 17.6 Å². The molecule has 0 bridgehead atoms. The summed E-state index contributed by atoms with van der Waals surface area (Å²) in [5, 5.41) is 3.75. The van der Waals surface area contributed by atoms with Crippen LogP contribution in [0.15, 0.2) is 30.3 Å². The molecule has 0 aliphatic rings. The van der Waals surface area contributed by atoms with E-state index in [4.69, 9.17) is 0 Å². The van der Waals surface area contributed by atoms with E-state index in [1.165, 1.54) is 31.3 Å². The highest BCUT2D eigenvalue weighted by Gasteiger charge is 2.34. The zero-order chi connectivity index (χ0) is 12.6. The van der Waals surface area contributed by atoms with Crippen LogP contribution in [0.5, 0.6) is 0 Å². The van der Waals surface area contributed by atoms with Gasteiger partial charge in [-0.3, -0.25) is 4.68 Å². The van der Waals surface area contributed by atoms with E-state index >= 15 is 0 Å². The molecule has 0 N–H and O–H groups in total. The summed E-state index contributed by atoms with van der Waals surface area (Å²) in [5.74, 6) is -0.444. The molecule has 0 amide bonds. The van der Waals surface area contributed by atoms with Gasteiger partial charge < -0.3 is 0 Å². The second-order valence-corrected chi connectivity index (χ2v) is 3.54. The normalized spacial score (nSPS) is 11.8. The standard InChI is InChI=1S/C11H8F4N2/c1-17-10(11(13,14)15)6-9(16-17)7-2-4-8(12)5-3-7/h2-6H,1H3. The second kappa shape index (κ2) is 3.87. The molecule has 0 saturated heterocycles. The Hall–Kier alpha value is -1.85. The minimum absolute atomic E-state index is 0.167. The zero-order valence-corrected chi connectivity index (χ0v) is 8.79. The van der Waals surface area contributed by atoms with Gasteiger partial charge >= 0.3 is 6.18 Å². The average molecular weight is 244 g/mol. The van der Waals surface area contributed by atoms with Gasteiger partial charge in [0.25, 0.3) is 0 Å². The van der Waals surface area contributed by atoms with Crippen LogP contribution >= 0.6 is 0 Å². The van der Waals surface area contributed by atoms with Gasteiger partial charge in [0.1, 0.15) is 11.5 Å². The Morgan fingerprint density at radius 3 is 2.18 bits per heavy atom. The van der Waals surface area contributed by atoms with Gasteiger partial charge in [-0.25, -0.2) is 4.39 Å². The van der Waals surface area contributed by atoms with Crippen molar-refractivity contribution in [2.45, 2.75) is 6.18 Å². The van der Waals surface area contributed by atoms with Crippen molar-refractivity contribution in [1.29, 1.82) is 0 Å². The number of alkyl halides is 3. The Morgan fingerprint density at radius 1 is 1.12 bits per heavy atom. The first-order valence-corrected chi connectivity index (χ1v) is 4.75. The molecular formula is C11H8F4N2. The SMILES string of the molecule is Cn1nc(-c2ccc(F)cc2)cc1C(F)(F)F. The number of hydrogen-bond acceptors (Lipinski definition) is 1. The number of aromatic nitrogens is 2. The molecule has 1 aromatic heterocycles. The predicted octanol–water partition coefficient (Wildman–Crippen LogP) is 3.25. The Balaban J connectivity index is 2.45. The molecule has 1 aromatic carbocycles. The molecular weight excluding hydrogens is 236 g/mol. The summed E-state index contributed by atoms with van der Waals surface area (Å²) in [6, 6.07) is 6.07. The highest BCUT2D eigenvalue weighted by atomic mass is 19.4. The van der Waals surface area contributed by atoms with Crippen molar-refractivity contribution in [2.75, 3.05) is 0 Å². The molecule has 17 heavy (non-hydrogen) atoms. The van der Waals surface area contributed by atoms with E-state index in [0.29, 0.717) is 5.56 Å². The second-order valence-electron chi connectivity index (χ2n) is 3.54. The van der Waals surface area contributed by atoms with Gasteiger partial charge in [0.15, 0.2) is 0 Å². The maximum atomic E-state index is 12.7. The van der Waals surface area contributed by atoms with Gasteiger partial charge in [-0.15, -0.1) is 0 Å². The maximum absolute atomic E-state index is 12.7. The van der Waals surface area contributed by atoms with Crippen molar-refractivity contribution in [1.82, 2.24) is 9.78 Å². The molecule has 0 aliphatic carbocycles. The van der Waals surface area contributed by atoms with E-state index in [-0.39, 0.29) is 5.69 Å². The fourth-order valence-electron chi connectivity index (χ4n) is 1.49. The summed E-state index contributed by atoms with van der Waals surface area (Å²) in [6.07, 6.45) is -4.44. The zero-order valence-electron chi connectivity index (χ0n) is 8.79. The third-order valence-corrected chi connectivity index (χ3v) is 2.31. The van der Waals surface area contributed by atoms with Crippen LogP contribution in [0.1, 0.15) is 5.69 Å². The topological polar surface area (TPSA) is 17.8 Å². The van der Waals surface area contributed by atoms with Crippen LogP contribution in [0.25, 0.3) is 11.3 Å². The van der Waals surface area contributed by atoms with E-state index in [1.54, 1.807) is 0 Å². The molecule has 1 heterocycles. The smallest absolute Gasteiger partial charge is 0.263 e. The quantitative estimate of drug-likeness (QED) is 0.704. The molecule has 0 radical (unpaired) electrons. The Kier molecular flexibility index (Phi) is 2.65. The molecule has 0 aliphatic heterocycles. The highest BCUT2D eigenvalue weighted by molar-refractivity contribution is 5.59. The third kappa shape index (κ3) is 2.30. The first-order valence-electron chi connectivity index (χ1n) is 4.75. The number of nitrogens with zero attached hydrogens (tertiary/aromatic N) is 2. The summed E-state index contributed by atoms with van der Waals surface area (Å²) < 4.78 is 51.0. The molecule has 0 spiro atoms. The first kappa shape index (κ1) is 11.6. The molecule has 2 nitrogen and oxygen atoms in total. The Bertz CT molecular complexity index is 525. The van der Waals surface area contributed by atoms with Crippen molar-refractivity contribution in [3.8, 4) is 11.3 Å². The van der Waals surface area contributed by atoms with E-state index in [1.807, 2.05) is 0 Å². The highest BCUT2D eigenvalue weighted by Crippen LogP contribution is 2.31. The van der Waals surface area contributed by atoms with Crippen LogP contribution in [-0.2, 0) is 13.2 Å². The van der Waals surface area contributed by atoms with Crippen LogP contribution < -0.4 is 0 Å². The number of rotatable bonds is 1. The van der Waals surface area contributed by atoms with Crippen molar-refractivity contribution in [3.05, 3.63) is 41.8 Å². The van der Waals surface area contributed by atoms with Crippen LogP contribution in [0.2, 0.25) is 0 Å². The van der Waals surface area contributed by atoms with Crippen LogP contribution in [-0.4, -0.2) is 9.78 Å². The number of hydrogen-bond donors (Lipinski definition) is 0. The summed E-state index contributed by atoms with van der Waals surface area (Å²) in [4.78, 5) is 0. The van der Waals surface area contributed by atoms with Gasteiger partial charge in [0.05, 0.1) is 5.69 Å². The molecule has 0 saturated carbocycles. The number of halogens is 4. The van der Waals surface area contributed by atoms with Crippen molar-refractivity contribution in [2.24, 2.45) is 7.05 Å². The lowest BCUT2D eigenvalue weighted by Gasteiger charge is -2.04. The minimum atomic E-state index is -4.44. The van der Waals surface area contributed by atoms with Gasteiger partial charge in [-0.1, -0.05) is 0 Å². The van der Waals surface area contributed by atoms with Crippen LogP contribution in [0.4, 0.5) is 17.6 Å². The molecule has 0 unspecified atom stereocenters. The van der Waals surface area contributed by atoms with Gasteiger partial charge in [0, 0.05) is 12.6 Å². The summed E-state index contributed by atoms with van der Waals surface area (Å²) in [5.41, 5.74) is -0.228. The van der Waals surface area contributed by atoms with Gasteiger partial charge in [0.2, 0.25) is 0 Å². The monoisotopic (exact) mass is 244 g/mol. The van der Waals surface area contributed by atoms with Crippen molar-refractivity contribution in [3.63, 3.8) is 0 Å². The Morgan fingerprint density at radius 2 is 1.71 bits per heavy atom. The molecule has 6 heteroatoms. The number of benzene rings is 1. The number of aryl methyl sites for hydroxylation is 1. The van der Waals surface area contributed by atoms with Crippen LogP contribution in [0.3, 0.4) is 0 Å². The average Bonchev–Trinajstić information content (AvgIpc) is 2.61. The molecule has 2 aromatic rings. The predicted molar refractivity (Wildman–Crippen MR) is 53.6 cm³/mol. The summed E-state index contributed by atoms with van der Waals surface area (Å²) in [7, 11) is 1.22. The third-order valence-electron chi connectivity index (χ3n) is 2.31. The molecule has 90 valence electrons.